The number of primary amides is 1. The number of amides is 3. The van der Waals surface area contributed by atoms with Crippen molar-refractivity contribution in [3.8, 4) is 0 Å². The molecular formula is C14H19F3N4O4S. The Balaban J connectivity index is 2.84. The Morgan fingerprint density at radius 1 is 1.15 bits per heavy atom. The molecule has 0 aliphatic carbocycles. The number of carbonyl (C=O) groups is 2. The Kier molecular flexibility index (Phi) is 6.98. The normalized spacial score (nSPS) is 13.3. The van der Waals surface area contributed by atoms with Gasteiger partial charge in [0.2, 0.25) is 15.9 Å². The summed E-state index contributed by atoms with van der Waals surface area (Å²) < 4.78 is 61.4. The smallest absolute Gasteiger partial charge is 0.352 e. The van der Waals surface area contributed by atoms with Crippen LogP contribution in [-0.2, 0) is 14.8 Å². The maximum Gasteiger partial charge on any atom is 0.402 e. The summed E-state index contributed by atoms with van der Waals surface area (Å²) in [6, 6.07) is 2.71. The first-order chi connectivity index (χ1) is 11.8. The summed E-state index contributed by atoms with van der Waals surface area (Å²) in [6.07, 6.45) is -4.68. The molecule has 0 saturated heterocycles. The lowest BCUT2D eigenvalue weighted by atomic mass is 10.0. The van der Waals surface area contributed by atoms with Gasteiger partial charge >= 0.3 is 12.2 Å². The van der Waals surface area contributed by atoms with E-state index in [4.69, 9.17) is 5.73 Å². The number of hydrogen-bond donors (Lipinski definition) is 4. The molecule has 1 rings (SSSR count). The summed E-state index contributed by atoms with van der Waals surface area (Å²) in [6.45, 7) is 1.67. The fourth-order valence-corrected chi connectivity index (χ4v) is 2.90. The van der Waals surface area contributed by atoms with E-state index in [-0.39, 0.29) is 11.6 Å². The third kappa shape index (κ3) is 6.88. The summed E-state index contributed by atoms with van der Waals surface area (Å²) in [5.74, 6) is -0.849. The highest BCUT2D eigenvalue weighted by Gasteiger charge is 2.30. The second-order valence-electron chi connectivity index (χ2n) is 5.68. The molecule has 3 amide bonds. The van der Waals surface area contributed by atoms with Crippen LogP contribution in [0.1, 0.15) is 13.8 Å². The number of nitrogens with two attached hydrogens (primary N) is 1. The van der Waals surface area contributed by atoms with Gasteiger partial charge in [-0.15, -0.1) is 0 Å². The maximum absolute atomic E-state index is 12.1. The number of rotatable bonds is 7. The molecule has 0 aliphatic heterocycles. The molecule has 0 radical (unpaired) electrons. The van der Waals surface area contributed by atoms with Crippen molar-refractivity contribution in [2.24, 2.45) is 11.7 Å². The van der Waals surface area contributed by atoms with E-state index in [0.717, 1.165) is 12.1 Å². The molecule has 1 aromatic carbocycles. The Morgan fingerprint density at radius 3 is 2.12 bits per heavy atom. The van der Waals surface area contributed by atoms with Gasteiger partial charge in [0.1, 0.15) is 12.6 Å². The van der Waals surface area contributed by atoms with Crippen LogP contribution in [0.4, 0.5) is 23.7 Å². The third-order valence-corrected chi connectivity index (χ3v) is 4.56. The molecule has 8 nitrogen and oxygen atoms in total. The van der Waals surface area contributed by atoms with E-state index >= 15 is 0 Å². The number of benzene rings is 1. The number of nitrogens with one attached hydrogen (secondary N) is 3. The highest BCUT2D eigenvalue weighted by atomic mass is 32.2. The second kappa shape index (κ2) is 8.36. The van der Waals surface area contributed by atoms with Crippen LogP contribution in [0.15, 0.2) is 29.2 Å². The molecule has 1 atom stereocenters. The van der Waals surface area contributed by atoms with Crippen LogP contribution in [0.5, 0.6) is 0 Å². The summed E-state index contributed by atoms with van der Waals surface area (Å²) >= 11 is 0. The van der Waals surface area contributed by atoms with E-state index in [1.807, 2.05) is 0 Å². The second-order valence-corrected chi connectivity index (χ2v) is 7.45. The predicted octanol–water partition coefficient (Wildman–Crippen LogP) is 1.16. The zero-order valence-corrected chi connectivity index (χ0v) is 14.7. The van der Waals surface area contributed by atoms with Gasteiger partial charge in [-0.25, -0.2) is 17.9 Å². The highest BCUT2D eigenvalue weighted by Crippen LogP contribution is 2.17. The first kappa shape index (κ1) is 21.7. The van der Waals surface area contributed by atoms with Crippen molar-refractivity contribution in [1.82, 2.24) is 10.0 Å². The van der Waals surface area contributed by atoms with Gasteiger partial charge < -0.3 is 16.4 Å². The average molecular weight is 396 g/mol. The largest absolute Gasteiger partial charge is 0.402 e. The summed E-state index contributed by atoms with van der Waals surface area (Å²) in [4.78, 5) is 22.7. The van der Waals surface area contributed by atoms with E-state index in [1.54, 1.807) is 13.8 Å². The molecule has 0 fully saturated rings. The molecule has 1 aromatic rings. The molecule has 12 heteroatoms. The lowest BCUT2D eigenvalue weighted by Crippen LogP contribution is -2.49. The van der Waals surface area contributed by atoms with Crippen molar-refractivity contribution in [3.63, 3.8) is 0 Å². The maximum atomic E-state index is 12.1. The number of anilines is 1. The van der Waals surface area contributed by atoms with Crippen LogP contribution in [0.25, 0.3) is 0 Å². The van der Waals surface area contributed by atoms with Gasteiger partial charge in [0.25, 0.3) is 0 Å². The predicted molar refractivity (Wildman–Crippen MR) is 87.7 cm³/mol. The first-order valence-corrected chi connectivity index (χ1v) is 8.83. The molecule has 146 valence electrons. The van der Waals surface area contributed by atoms with Gasteiger partial charge in [0, 0.05) is 5.69 Å². The van der Waals surface area contributed by atoms with Crippen LogP contribution < -0.4 is 21.1 Å². The number of urea groups is 1. The van der Waals surface area contributed by atoms with Crippen LogP contribution in [0, 0.1) is 5.92 Å². The Labute approximate surface area is 148 Å². The molecule has 0 saturated carbocycles. The number of alkyl halides is 3. The quantitative estimate of drug-likeness (QED) is 0.551. The van der Waals surface area contributed by atoms with E-state index in [2.05, 4.69) is 10.6 Å². The van der Waals surface area contributed by atoms with Crippen molar-refractivity contribution in [2.75, 3.05) is 11.9 Å². The van der Waals surface area contributed by atoms with Crippen molar-refractivity contribution in [1.29, 1.82) is 0 Å². The number of halogens is 3. The average Bonchev–Trinajstić information content (AvgIpc) is 2.50. The fraction of sp³-hybridized carbons (Fsp3) is 0.429. The van der Waals surface area contributed by atoms with Gasteiger partial charge in [-0.1, -0.05) is 13.8 Å². The minimum Gasteiger partial charge on any atom is -0.352 e. The molecule has 0 spiro atoms. The molecule has 0 aliphatic rings. The third-order valence-electron chi connectivity index (χ3n) is 3.14. The van der Waals surface area contributed by atoms with Crippen molar-refractivity contribution < 1.29 is 31.2 Å². The molecule has 0 unspecified atom stereocenters. The van der Waals surface area contributed by atoms with Crippen LogP contribution in [0.2, 0.25) is 0 Å². The molecular weight excluding hydrogens is 377 g/mol. The minimum atomic E-state index is -4.68. The Morgan fingerprint density at radius 2 is 1.69 bits per heavy atom. The zero-order chi connectivity index (χ0) is 20.1. The van der Waals surface area contributed by atoms with Crippen LogP contribution >= 0.6 is 0 Å². The van der Waals surface area contributed by atoms with Gasteiger partial charge in [-0.2, -0.15) is 13.2 Å². The Hall–Kier alpha value is -2.34. The summed E-state index contributed by atoms with van der Waals surface area (Å²) in [5, 5.41) is 4.74. The number of sulfonamides is 1. The van der Waals surface area contributed by atoms with E-state index in [1.165, 1.54) is 16.9 Å². The molecule has 5 N–H and O–H groups in total. The van der Waals surface area contributed by atoms with E-state index < -0.39 is 45.6 Å². The zero-order valence-electron chi connectivity index (χ0n) is 13.9. The monoisotopic (exact) mass is 396 g/mol. The lowest BCUT2D eigenvalue weighted by molar-refractivity contribution is -0.121. The number of hydrogen-bond acceptors (Lipinski definition) is 4. The first-order valence-electron chi connectivity index (χ1n) is 7.35. The van der Waals surface area contributed by atoms with Crippen LogP contribution in [0.3, 0.4) is 0 Å². The molecule has 26 heavy (non-hydrogen) atoms. The fourth-order valence-electron chi connectivity index (χ4n) is 1.89. The minimum absolute atomic E-state index is 0.196. The van der Waals surface area contributed by atoms with Crippen molar-refractivity contribution in [3.05, 3.63) is 24.3 Å². The summed E-state index contributed by atoms with van der Waals surface area (Å²) in [5.41, 5.74) is 5.20. The van der Waals surface area contributed by atoms with E-state index in [9.17, 15) is 31.2 Å². The van der Waals surface area contributed by atoms with Crippen molar-refractivity contribution in [2.45, 2.75) is 31.0 Å². The van der Waals surface area contributed by atoms with Gasteiger partial charge in [0.15, 0.2) is 0 Å². The topological polar surface area (TPSA) is 130 Å². The lowest BCUT2D eigenvalue weighted by Gasteiger charge is -2.20. The Bertz CT molecular complexity index is 748. The molecule has 0 bridgehead atoms. The van der Waals surface area contributed by atoms with E-state index in [0.29, 0.717) is 0 Å². The van der Waals surface area contributed by atoms with Gasteiger partial charge in [0.05, 0.1) is 4.90 Å². The number of carbonyl (C=O) groups excluding carboxylic acids is 2. The molecule has 0 aromatic heterocycles. The SMILES string of the molecule is CC(C)[C@H](NC(N)=O)C(=O)Nc1ccc(S(=O)(=O)NCC(F)(F)F)cc1. The van der Waals surface area contributed by atoms with Crippen molar-refractivity contribution >= 4 is 27.6 Å². The highest BCUT2D eigenvalue weighted by molar-refractivity contribution is 7.89. The standard InChI is InChI=1S/C14H19F3N4O4S/c1-8(2)11(21-13(18)23)12(22)20-9-3-5-10(6-4-9)26(24,25)19-7-14(15,16)17/h3-6,8,11,19H,7H2,1-2H3,(H,20,22)(H3,18,21,23)/t11-/m0/s1. The summed E-state index contributed by atoms with van der Waals surface area (Å²) in [7, 11) is -4.34. The molecule has 0 heterocycles. The van der Waals surface area contributed by atoms with Gasteiger partial charge in [-0.05, 0) is 30.2 Å². The van der Waals surface area contributed by atoms with Gasteiger partial charge in [-0.3, -0.25) is 4.79 Å². The van der Waals surface area contributed by atoms with Crippen LogP contribution in [-0.4, -0.2) is 39.1 Å².